The molecule has 2 heteroatoms. The van der Waals surface area contributed by atoms with Gasteiger partial charge in [0.25, 0.3) is 0 Å². The third-order valence-corrected chi connectivity index (χ3v) is 1.88. The smallest absolute Gasteiger partial charge is 0.123 e. The lowest BCUT2D eigenvalue weighted by Crippen LogP contribution is -2.18. The number of hydrogen-bond donors (Lipinski definition) is 1. The van der Waals surface area contributed by atoms with Gasteiger partial charge in [0.05, 0.1) is 6.54 Å². The van der Waals surface area contributed by atoms with E-state index in [-0.39, 0.29) is 11.9 Å². The van der Waals surface area contributed by atoms with Crippen molar-refractivity contribution in [1.82, 2.24) is 5.32 Å². The summed E-state index contributed by atoms with van der Waals surface area (Å²) in [7, 11) is 0. The largest absolute Gasteiger partial charge is 0.300 e. The van der Waals surface area contributed by atoms with Gasteiger partial charge in [-0.05, 0) is 24.6 Å². The van der Waals surface area contributed by atoms with Gasteiger partial charge in [-0.2, -0.15) is 0 Å². The van der Waals surface area contributed by atoms with Crippen LogP contribution in [0.5, 0.6) is 0 Å². The van der Waals surface area contributed by atoms with Gasteiger partial charge in [-0.1, -0.05) is 18.1 Å². The molecule has 0 aliphatic rings. The van der Waals surface area contributed by atoms with Crippen molar-refractivity contribution in [1.29, 1.82) is 0 Å². The number of nitrogens with one attached hydrogen (secondary N) is 1. The van der Waals surface area contributed by atoms with Gasteiger partial charge in [0.15, 0.2) is 0 Å². The first kappa shape index (κ1) is 9.76. The minimum Gasteiger partial charge on any atom is -0.300 e. The molecule has 0 aromatic heterocycles. The highest BCUT2D eigenvalue weighted by Crippen LogP contribution is 2.11. The van der Waals surface area contributed by atoms with Crippen molar-refractivity contribution in [3.63, 3.8) is 0 Å². The number of terminal acetylenes is 1. The number of hydrogen-bond acceptors (Lipinski definition) is 1. The fourth-order valence-corrected chi connectivity index (χ4v) is 1.08. The van der Waals surface area contributed by atoms with Gasteiger partial charge in [-0.15, -0.1) is 6.42 Å². The van der Waals surface area contributed by atoms with E-state index in [0.717, 1.165) is 5.56 Å². The number of rotatable bonds is 3. The van der Waals surface area contributed by atoms with Crippen molar-refractivity contribution < 1.29 is 4.39 Å². The quantitative estimate of drug-likeness (QED) is 0.697. The molecule has 0 heterocycles. The molecule has 0 saturated heterocycles. The van der Waals surface area contributed by atoms with Crippen LogP contribution in [-0.4, -0.2) is 6.54 Å². The van der Waals surface area contributed by atoms with Crippen LogP contribution in [0.4, 0.5) is 4.39 Å². The molecule has 1 aromatic rings. The van der Waals surface area contributed by atoms with Gasteiger partial charge < -0.3 is 0 Å². The Balaban J connectivity index is 2.62. The van der Waals surface area contributed by atoms with E-state index in [1.54, 1.807) is 12.1 Å². The van der Waals surface area contributed by atoms with Gasteiger partial charge in [0.2, 0.25) is 0 Å². The second-order valence-corrected chi connectivity index (χ2v) is 2.86. The standard InChI is InChI=1S/C11H12FN/c1-3-8-13-9(2)10-4-6-11(12)7-5-10/h1,4-7,9,13H,8H2,2H3. The van der Waals surface area contributed by atoms with Crippen LogP contribution in [0.15, 0.2) is 24.3 Å². The van der Waals surface area contributed by atoms with Crippen LogP contribution in [0.2, 0.25) is 0 Å². The molecule has 1 unspecified atom stereocenters. The van der Waals surface area contributed by atoms with Crippen LogP contribution >= 0.6 is 0 Å². The first-order valence-corrected chi connectivity index (χ1v) is 4.16. The summed E-state index contributed by atoms with van der Waals surface area (Å²) in [5.74, 6) is 2.28. The van der Waals surface area contributed by atoms with Crippen LogP contribution in [0.1, 0.15) is 18.5 Å². The zero-order valence-corrected chi connectivity index (χ0v) is 7.55. The molecule has 1 atom stereocenters. The SMILES string of the molecule is C#CCNC(C)c1ccc(F)cc1. The summed E-state index contributed by atoms with van der Waals surface area (Å²) in [5.41, 5.74) is 1.04. The number of benzene rings is 1. The molecule has 13 heavy (non-hydrogen) atoms. The fraction of sp³-hybridized carbons (Fsp3) is 0.273. The molecule has 1 nitrogen and oxygen atoms in total. The summed E-state index contributed by atoms with van der Waals surface area (Å²) in [4.78, 5) is 0. The molecule has 0 fully saturated rings. The van der Waals surface area contributed by atoms with Crippen molar-refractivity contribution in [2.24, 2.45) is 0 Å². The van der Waals surface area contributed by atoms with E-state index in [1.165, 1.54) is 12.1 Å². The van der Waals surface area contributed by atoms with Gasteiger partial charge in [0, 0.05) is 6.04 Å². The molecule has 0 radical (unpaired) electrons. The molecule has 0 spiro atoms. The molecule has 1 N–H and O–H groups in total. The zero-order chi connectivity index (χ0) is 9.68. The van der Waals surface area contributed by atoms with Crippen molar-refractivity contribution >= 4 is 0 Å². The maximum Gasteiger partial charge on any atom is 0.123 e. The molecule has 0 saturated carbocycles. The molecule has 68 valence electrons. The lowest BCUT2D eigenvalue weighted by Gasteiger charge is -2.11. The summed E-state index contributed by atoms with van der Waals surface area (Å²) >= 11 is 0. The van der Waals surface area contributed by atoms with E-state index in [1.807, 2.05) is 6.92 Å². The van der Waals surface area contributed by atoms with Crippen LogP contribution < -0.4 is 5.32 Å². The van der Waals surface area contributed by atoms with E-state index in [4.69, 9.17) is 6.42 Å². The Bertz CT molecular complexity index is 297. The van der Waals surface area contributed by atoms with E-state index in [9.17, 15) is 4.39 Å². The Morgan fingerprint density at radius 3 is 2.62 bits per heavy atom. The second kappa shape index (κ2) is 4.64. The molecule has 0 amide bonds. The van der Waals surface area contributed by atoms with Crippen LogP contribution in [0.3, 0.4) is 0 Å². The van der Waals surface area contributed by atoms with Crippen LogP contribution in [-0.2, 0) is 0 Å². The van der Waals surface area contributed by atoms with E-state index < -0.39 is 0 Å². The van der Waals surface area contributed by atoms with Crippen molar-refractivity contribution in [2.75, 3.05) is 6.54 Å². The third kappa shape index (κ3) is 2.89. The van der Waals surface area contributed by atoms with Crippen LogP contribution in [0.25, 0.3) is 0 Å². The van der Waals surface area contributed by atoms with E-state index in [2.05, 4.69) is 11.2 Å². The summed E-state index contributed by atoms with van der Waals surface area (Å²) in [5, 5.41) is 3.11. The maximum atomic E-state index is 12.5. The van der Waals surface area contributed by atoms with E-state index in [0.29, 0.717) is 6.54 Å². The summed E-state index contributed by atoms with van der Waals surface area (Å²) < 4.78 is 12.5. The van der Waals surface area contributed by atoms with Gasteiger partial charge in [-0.3, -0.25) is 5.32 Å². The highest BCUT2D eigenvalue weighted by atomic mass is 19.1. The van der Waals surface area contributed by atoms with Crippen LogP contribution in [0, 0.1) is 18.2 Å². The Morgan fingerprint density at radius 1 is 1.46 bits per heavy atom. The number of halogens is 1. The first-order chi connectivity index (χ1) is 6.24. The molecule has 1 aromatic carbocycles. The average molecular weight is 177 g/mol. The molecule has 0 aliphatic carbocycles. The monoisotopic (exact) mass is 177 g/mol. The van der Waals surface area contributed by atoms with E-state index >= 15 is 0 Å². The lowest BCUT2D eigenvalue weighted by molar-refractivity contribution is 0.609. The molecule has 0 bridgehead atoms. The third-order valence-electron chi connectivity index (χ3n) is 1.88. The molecule has 0 aliphatic heterocycles. The predicted octanol–water partition coefficient (Wildman–Crippen LogP) is 2.11. The van der Waals surface area contributed by atoms with Gasteiger partial charge in [0.1, 0.15) is 5.82 Å². The average Bonchev–Trinajstić information content (AvgIpc) is 2.15. The van der Waals surface area contributed by atoms with Crippen molar-refractivity contribution in [3.8, 4) is 12.3 Å². The van der Waals surface area contributed by atoms with Gasteiger partial charge >= 0.3 is 0 Å². The topological polar surface area (TPSA) is 12.0 Å². The highest BCUT2D eigenvalue weighted by Gasteiger charge is 2.02. The summed E-state index contributed by atoms with van der Waals surface area (Å²) in [6, 6.07) is 6.57. The lowest BCUT2D eigenvalue weighted by atomic mass is 10.1. The second-order valence-electron chi connectivity index (χ2n) is 2.86. The molecular weight excluding hydrogens is 165 g/mol. The Labute approximate surface area is 78.0 Å². The first-order valence-electron chi connectivity index (χ1n) is 4.16. The Kier molecular flexibility index (Phi) is 3.48. The zero-order valence-electron chi connectivity index (χ0n) is 7.55. The summed E-state index contributed by atoms with van der Waals surface area (Å²) in [6.45, 7) is 2.52. The Morgan fingerprint density at radius 2 is 2.08 bits per heavy atom. The molecule has 1 rings (SSSR count). The fourth-order valence-electron chi connectivity index (χ4n) is 1.08. The minimum atomic E-state index is -0.215. The summed E-state index contributed by atoms with van der Waals surface area (Å²) in [6.07, 6.45) is 5.11. The van der Waals surface area contributed by atoms with Gasteiger partial charge in [-0.25, -0.2) is 4.39 Å². The van der Waals surface area contributed by atoms with Crippen molar-refractivity contribution in [2.45, 2.75) is 13.0 Å². The van der Waals surface area contributed by atoms with Crippen molar-refractivity contribution in [3.05, 3.63) is 35.6 Å². The highest BCUT2D eigenvalue weighted by molar-refractivity contribution is 5.19. The normalized spacial score (nSPS) is 12.1. The predicted molar refractivity (Wildman–Crippen MR) is 51.7 cm³/mol. The Hall–Kier alpha value is -1.33. The minimum absolute atomic E-state index is 0.164. The molecular formula is C11H12FN. The maximum absolute atomic E-state index is 12.5.